The zero-order chi connectivity index (χ0) is 22.8. The van der Waals surface area contributed by atoms with E-state index in [1.54, 1.807) is 30.8 Å². The number of nitrogens with one attached hydrogen (secondary N) is 1. The van der Waals surface area contributed by atoms with Gasteiger partial charge in [0.2, 0.25) is 0 Å². The van der Waals surface area contributed by atoms with Gasteiger partial charge in [-0.2, -0.15) is 10.1 Å². The van der Waals surface area contributed by atoms with Gasteiger partial charge in [0.1, 0.15) is 4.70 Å². The van der Waals surface area contributed by atoms with Crippen molar-refractivity contribution >= 4 is 44.3 Å². The van der Waals surface area contributed by atoms with Crippen molar-refractivity contribution in [1.82, 2.24) is 19.7 Å². The van der Waals surface area contributed by atoms with Gasteiger partial charge >= 0.3 is 0 Å². The highest BCUT2D eigenvalue weighted by Crippen LogP contribution is 2.32. The molecule has 1 fully saturated rings. The van der Waals surface area contributed by atoms with Crippen LogP contribution < -0.4 is 11.1 Å². The molecule has 3 aromatic rings. The molecule has 0 bridgehead atoms. The zero-order valence-corrected chi connectivity index (χ0v) is 18.9. The number of aromatic nitrogens is 3. The number of carbonyl (C=O) groups excluding carboxylic acids is 2. The molecular weight excluding hydrogens is 428 g/mol. The number of fused-ring (bicyclic) bond motifs is 1. The van der Waals surface area contributed by atoms with Crippen LogP contribution in [-0.4, -0.2) is 57.8 Å². The van der Waals surface area contributed by atoms with E-state index < -0.39 is 0 Å². The number of methoxy groups -OCH3 is 1. The molecule has 0 spiro atoms. The number of nitrogens with zero attached hydrogens (tertiary/aromatic N) is 4. The quantitative estimate of drug-likeness (QED) is 0.567. The van der Waals surface area contributed by atoms with Crippen LogP contribution in [0.15, 0.2) is 30.8 Å². The van der Waals surface area contributed by atoms with E-state index in [-0.39, 0.29) is 17.9 Å². The second-order valence-corrected chi connectivity index (χ2v) is 8.77. The largest absolute Gasteiger partial charge is 0.383 e. The number of benzene rings is 1. The Balaban J connectivity index is 1.64. The Morgan fingerprint density at radius 2 is 2.09 bits per heavy atom. The van der Waals surface area contributed by atoms with Crippen LogP contribution in [0.5, 0.6) is 0 Å². The second kappa shape index (κ2) is 9.19. The topological polar surface area (TPSA) is 115 Å². The van der Waals surface area contributed by atoms with Gasteiger partial charge in [-0.25, -0.2) is 4.68 Å². The number of carbonyl (C=O) groups is 2. The van der Waals surface area contributed by atoms with E-state index in [0.717, 1.165) is 18.4 Å². The Morgan fingerprint density at radius 3 is 2.75 bits per heavy atom. The second-order valence-electron chi connectivity index (χ2n) is 7.77. The smallest absolute Gasteiger partial charge is 0.276 e. The van der Waals surface area contributed by atoms with Crippen molar-refractivity contribution in [2.45, 2.75) is 32.4 Å². The van der Waals surface area contributed by atoms with E-state index in [0.29, 0.717) is 52.1 Å². The van der Waals surface area contributed by atoms with Crippen molar-refractivity contribution in [3.63, 3.8) is 0 Å². The third-order valence-electron chi connectivity index (χ3n) is 5.46. The average molecular weight is 455 g/mol. The highest BCUT2D eigenvalue weighted by molar-refractivity contribution is 7.22. The maximum atomic E-state index is 13.3. The van der Waals surface area contributed by atoms with Gasteiger partial charge in [-0.15, -0.1) is 0 Å². The van der Waals surface area contributed by atoms with Crippen molar-refractivity contribution < 1.29 is 14.3 Å². The lowest BCUT2D eigenvalue weighted by molar-refractivity contribution is 0.0626. The number of hydrogen-bond donors (Lipinski definition) is 2. The first-order valence-corrected chi connectivity index (χ1v) is 11.2. The summed E-state index contributed by atoms with van der Waals surface area (Å²) in [4.78, 5) is 32.4. The maximum absolute atomic E-state index is 13.3. The highest BCUT2D eigenvalue weighted by Gasteiger charge is 2.33. The lowest BCUT2D eigenvalue weighted by atomic mass is 10.1. The molecule has 1 aliphatic rings. The Labute approximate surface area is 189 Å². The molecule has 3 heterocycles. The fourth-order valence-electron chi connectivity index (χ4n) is 3.83. The fourth-order valence-corrected chi connectivity index (χ4v) is 4.75. The summed E-state index contributed by atoms with van der Waals surface area (Å²) in [5, 5.41) is 7.71. The van der Waals surface area contributed by atoms with Crippen LogP contribution in [0.3, 0.4) is 0 Å². The maximum Gasteiger partial charge on any atom is 0.276 e. The van der Waals surface area contributed by atoms with Crippen LogP contribution in [0.4, 0.5) is 5.13 Å². The first kappa shape index (κ1) is 22.1. The molecule has 32 heavy (non-hydrogen) atoms. The van der Waals surface area contributed by atoms with E-state index in [1.807, 2.05) is 17.0 Å². The predicted octanol–water partition coefficient (Wildman–Crippen LogP) is 2.95. The lowest BCUT2D eigenvalue weighted by Crippen LogP contribution is -2.38. The van der Waals surface area contributed by atoms with E-state index in [9.17, 15) is 9.59 Å². The molecule has 1 saturated heterocycles. The van der Waals surface area contributed by atoms with Gasteiger partial charge in [0.15, 0.2) is 16.5 Å². The Bertz CT molecular complexity index is 1170. The predicted molar refractivity (Wildman–Crippen MR) is 125 cm³/mol. The Morgan fingerprint density at radius 1 is 1.34 bits per heavy atom. The van der Waals surface area contributed by atoms with Gasteiger partial charge in [-0.3, -0.25) is 14.9 Å². The molecule has 1 aliphatic heterocycles. The molecule has 2 amide bonds. The van der Waals surface area contributed by atoms with E-state index in [1.165, 1.54) is 11.3 Å². The molecule has 9 nitrogen and oxygen atoms in total. The Kier molecular flexibility index (Phi) is 6.35. The normalized spacial score (nSPS) is 16.0. The molecule has 0 unspecified atom stereocenters. The number of rotatable bonds is 7. The third kappa shape index (κ3) is 4.16. The standard InChI is InChI=1S/C22H26N6O3S/c1-13(2)28-19-18(17(26-28)21(30)27-10-4-5-16(27)12-31-3)32-22(24-19)25-20(29)15-8-6-14(11-23)7-9-15/h6-9,16H,1,4-5,10-12,23H2,2-3H3,(H,24,25,29)/t16-/m0/s1. The number of amides is 2. The van der Waals surface area contributed by atoms with E-state index in [4.69, 9.17) is 10.5 Å². The van der Waals surface area contributed by atoms with Crippen LogP contribution in [0.2, 0.25) is 0 Å². The van der Waals surface area contributed by atoms with Crippen LogP contribution in [-0.2, 0) is 11.3 Å². The van der Waals surface area contributed by atoms with Gasteiger partial charge in [0, 0.05) is 31.5 Å². The number of ether oxygens (including phenoxy) is 1. The minimum absolute atomic E-state index is 0.0288. The fraction of sp³-hybridized carbons (Fsp3) is 0.364. The molecule has 168 valence electrons. The molecule has 0 saturated carbocycles. The number of thiazole rings is 1. The van der Waals surface area contributed by atoms with Gasteiger partial charge < -0.3 is 15.4 Å². The molecule has 0 aliphatic carbocycles. The van der Waals surface area contributed by atoms with Crippen molar-refractivity contribution in [3.05, 3.63) is 47.7 Å². The molecule has 1 atom stereocenters. The monoisotopic (exact) mass is 454 g/mol. The van der Waals surface area contributed by atoms with Crippen LogP contribution in [0.1, 0.15) is 46.2 Å². The molecule has 2 aromatic heterocycles. The minimum Gasteiger partial charge on any atom is -0.383 e. The summed E-state index contributed by atoms with van der Waals surface area (Å²) in [6.07, 6.45) is 1.83. The molecule has 1 aromatic carbocycles. The van der Waals surface area contributed by atoms with Gasteiger partial charge in [0.05, 0.1) is 12.6 Å². The molecule has 3 N–H and O–H groups in total. The minimum atomic E-state index is -0.285. The van der Waals surface area contributed by atoms with Crippen LogP contribution >= 0.6 is 11.3 Å². The van der Waals surface area contributed by atoms with E-state index in [2.05, 4.69) is 22.0 Å². The molecular formula is C22H26N6O3S. The average Bonchev–Trinajstić information content (AvgIpc) is 3.48. The number of hydrogen-bond acceptors (Lipinski definition) is 7. The first-order chi connectivity index (χ1) is 15.4. The number of nitrogens with two attached hydrogens (primary N) is 1. The first-order valence-electron chi connectivity index (χ1n) is 10.4. The van der Waals surface area contributed by atoms with Crippen molar-refractivity contribution in [1.29, 1.82) is 0 Å². The molecule has 0 radical (unpaired) electrons. The van der Waals surface area contributed by atoms with Gasteiger partial charge in [-0.05, 0) is 37.5 Å². The van der Waals surface area contributed by atoms with Crippen molar-refractivity contribution in [3.8, 4) is 0 Å². The zero-order valence-electron chi connectivity index (χ0n) is 18.1. The number of likely N-dealkylation sites (tertiary alicyclic amines) is 1. The summed E-state index contributed by atoms with van der Waals surface area (Å²) in [5.74, 6) is -0.444. The van der Waals surface area contributed by atoms with E-state index >= 15 is 0 Å². The summed E-state index contributed by atoms with van der Waals surface area (Å²) in [6.45, 7) is 7.30. The van der Waals surface area contributed by atoms with Gasteiger partial charge in [-0.1, -0.05) is 30.0 Å². The van der Waals surface area contributed by atoms with Crippen molar-refractivity contribution in [2.75, 3.05) is 25.6 Å². The van der Waals surface area contributed by atoms with Crippen molar-refractivity contribution in [2.24, 2.45) is 5.73 Å². The summed E-state index contributed by atoms with van der Waals surface area (Å²) in [5.41, 5.74) is 8.51. The third-order valence-corrected chi connectivity index (χ3v) is 6.43. The SMILES string of the molecule is C=C(C)n1nc(C(=O)N2CCC[C@H]2COC)c2sc(NC(=O)c3ccc(CN)cc3)nc21. The summed E-state index contributed by atoms with van der Waals surface area (Å²) >= 11 is 1.23. The summed E-state index contributed by atoms with van der Waals surface area (Å²) in [6, 6.07) is 7.10. The summed E-state index contributed by atoms with van der Waals surface area (Å²) in [7, 11) is 1.64. The van der Waals surface area contributed by atoms with Crippen LogP contribution in [0.25, 0.3) is 16.0 Å². The Hall–Kier alpha value is -3.08. The highest BCUT2D eigenvalue weighted by atomic mass is 32.1. The lowest BCUT2D eigenvalue weighted by Gasteiger charge is -2.23. The van der Waals surface area contributed by atoms with Gasteiger partial charge in [0.25, 0.3) is 11.8 Å². The number of anilines is 1. The summed E-state index contributed by atoms with van der Waals surface area (Å²) < 4.78 is 7.45. The molecule has 10 heteroatoms. The van der Waals surface area contributed by atoms with Crippen LogP contribution in [0, 0.1) is 0 Å². The molecule has 4 rings (SSSR count). The number of allylic oxidation sites excluding steroid dienone is 1.